The average Bonchev–Trinajstić information content (AvgIpc) is 2.60. The van der Waals surface area contributed by atoms with E-state index < -0.39 is 11.9 Å². The van der Waals surface area contributed by atoms with Gasteiger partial charge in [-0.25, -0.2) is 9.78 Å². The Hall–Kier alpha value is -2.84. The van der Waals surface area contributed by atoms with Crippen LogP contribution in [0.15, 0.2) is 59.6 Å². The molecule has 1 heterocycles. The number of anilines is 2. The van der Waals surface area contributed by atoms with Gasteiger partial charge in [-0.1, -0.05) is 17.7 Å². The van der Waals surface area contributed by atoms with E-state index in [0.717, 1.165) is 17.0 Å². The molecule has 26 heavy (non-hydrogen) atoms. The predicted molar refractivity (Wildman–Crippen MR) is 100 cm³/mol. The van der Waals surface area contributed by atoms with Crippen molar-refractivity contribution in [3.63, 3.8) is 0 Å². The molecular formula is C17H14ClN3O4S. The van der Waals surface area contributed by atoms with E-state index >= 15 is 0 Å². The SMILES string of the molecule is O=C(O)/C=C/C(=O)Nc1cccc(SCC(=O)Nc2ccc(Cl)cn2)c1. The predicted octanol–water partition coefficient (Wildman–Crippen LogP) is 3.05. The molecule has 0 aliphatic carbocycles. The Kier molecular flexibility index (Phi) is 7.19. The van der Waals surface area contributed by atoms with Crippen LogP contribution >= 0.6 is 23.4 Å². The number of benzene rings is 1. The highest BCUT2D eigenvalue weighted by molar-refractivity contribution is 8.00. The number of pyridine rings is 1. The van der Waals surface area contributed by atoms with Gasteiger partial charge in [0.15, 0.2) is 0 Å². The normalized spacial score (nSPS) is 10.5. The highest BCUT2D eigenvalue weighted by atomic mass is 35.5. The number of carboxylic acid groups (broad SMARTS) is 1. The van der Waals surface area contributed by atoms with Crippen LogP contribution in [0.4, 0.5) is 11.5 Å². The van der Waals surface area contributed by atoms with Crippen LogP contribution < -0.4 is 10.6 Å². The molecule has 1 aromatic heterocycles. The highest BCUT2D eigenvalue weighted by Gasteiger charge is 2.06. The molecule has 9 heteroatoms. The van der Waals surface area contributed by atoms with E-state index in [2.05, 4.69) is 15.6 Å². The zero-order valence-corrected chi connectivity index (χ0v) is 14.9. The molecule has 2 amide bonds. The minimum Gasteiger partial charge on any atom is -0.478 e. The summed E-state index contributed by atoms with van der Waals surface area (Å²) in [7, 11) is 0. The number of aromatic nitrogens is 1. The molecule has 0 saturated heterocycles. The fourth-order valence-corrected chi connectivity index (χ4v) is 2.64. The number of amides is 2. The number of hydrogen-bond donors (Lipinski definition) is 3. The number of rotatable bonds is 7. The van der Waals surface area contributed by atoms with Crippen molar-refractivity contribution < 1.29 is 19.5 Å². The molecule has 2 aromatic rings. The molecule has 7 nitrogen and oxygen atoms in total. The van der Waals surface area contributed by atoms with E-state index in [-0.39, 0.29) is 11.7 Å². The third-order valence-electron chi connectivity index (χ3n) is 2.84. The summed E-state index contributed by atoms with van der Waals surface area (Å²) in [5, 5.41) is 14.2. The van der Waals surface area contributed by atoms with Gasteiger partial charge < -0.3 is 15.7 Å². The van der Waals surface area contributed by atoms with E-state index in [4.69, 9.17) is 16.7 Å². The molecular weight excluding hydrogens is 378 g/mol. The molecule has 0 atom stereocenters. The average molecular weight is 392 g/mol. The second-order valence-electron chi connectivity index (χ2n) is 4.89. The zero-order chi connectivity index (χ0) is 18.9. The Morgan fingerprint density at radius 1 is 1.15 bits per heavy atom. The van der Waals surface area contributed by atoms with Crippen molar-refractivity contribution in [2.75, 3.05) is 16.4 Å². The second-order valence-corrected chi connectivity index (χ2v) is 6.37. The van der Waals surface area contributed by atoms with Crippen LogP contribution in [0.5, 0.6) is 0 Å². The molecule has 0 unspecified atom stereocenters. The molecule has 0 aliphatic heterocycles. The number of nitrogens with one attached hydrogen (secondary N) is 2. The van der Waals surface area contributed by atoms with E-state index in [1.165, 1.54) is 18.0 Å². The quantitative estimate of drug-likeness (QED) is 0.494. The largest absolute Gasteiger partial charge is 0.478 e. The maximum atomic E-state index is 11.9. The first-order valence-electron chi connectivity index (χ1n) is 7.28. The lowest BCUT2D eigenvalue weighted by molar-refractivity contribution is -0.131. The van der Waals surface area contributed by atoms with Gasteiger partial charge in [0.2, 0.25) is 11.8 Å². The van der Waals surface area contributed by atoms with Gasteiger partial charge in [0.25, 0.3) is 0 Å². The van der Waals surface area contributed by atoms with Gasteiger partial charge in [-0.15, -0.1) is 11.8 Å². The molecule has 0 fully saturated rings. The number of thioether (sulfide) groups is 1. The minimum absolute atomic E-state index is 0.153. The lowest BCUT2D eigenvalue weighted by atomic mass is 10.3. The molecule has 0 bridgehead atoms. The van der Waals surface area contributed by atoms with Crippen LogP contribution in [0.1, 0.15) is 0 Å². The summed E-state index contributed by atoms with van der Waals surface area (Å²) in [6.45, 7) is 0. The first kappa shape index (κ1) is 19.5. The number of aliphatic carboxylic acids is 1. The fourth-order valence-electron chi connectivity index (χ4n) is 1.77. The van der Waals surface area contributed by atoms with Crippen molar-refractivity contribution in [1.82, 2.24) is 4.98 Å². The van der Waals surface area contributed by atoms with Crippen LogP contribution in [-0.2, 0) is 14.4 Å². The summed E-state index contributed by atoms with van der Waals surface area (Å²) < 4.78 is 0. The van der Waals surface area contributed by atoms with Gasteiger partial charge in [-0.05, 0) is 30.3 Å². The fraction of sp³-hybridized carbons (Fsp3) is 0.0588. The van der Waals surface area contributed by atoms with Crippen molar-refractivity contribution in [1.29, 1.82) is 0 Å². The van der Waals surface area contributed by atoms with E-state index in [0.29, 0.717) is 16.5 Å². The van der Waals surface area contributed by atoms with Crippen molar-refractivity contribution >= 4 is 52.7 Å². The molecule has 1 aromatic carbocycles. The van der Waals surface area contributed by atoms with Crippen molar-refractivity contribution in [2.24, 2.45) is 0 Å². The Morgan fingerprint density at radius 2 is 1.96 bits per heavy atom. The number of nitrogens with zero attached hydrogens (tertiary/aromatic N) is 1. The minimum atomic E-state index is -1.20. The van der Waals surface area contributed by atoms with Crippen molar-refractivity contribution in [3.8, 4) is 0 Å². The summed E-state index contributed by atoms with van der Waals surface area (Å²) in [5.74, 6) is -1.43. The Balaban J connectivity index is 1.87. The number of carbonyl (C=O) groups is 3. The standard InChI is InChI=1S/C17H14ClN3O4S/c18-11-4-5-14(19-9-11)21-16(23)10-26-13-3-1-2-12(8-13)20-15(22)6-7-17(24)25/h1-9H,10H2,(H,20,22)(H,24,25)(H,19,21,23)/b7-6+. The molecule has 0 spiro atoms. The van der Waals surface area contributed by atoms with Gasteiger partial charge in [0.1, 0.15) is 5.82 Å². The van der Waals surface area contributed by atoms with Gasteiger partial charge >= 0.3 is 5.97 Å². The Labute approximate surface area is 158 Å². The third-order valence-corrected chi connectivity index (χ3v) is 4.06. The third kappa shape index (κ3) is 6.96. The maximum absolute atomic E-state index is 11.9. The number of hydrogen-bond acceptors (Lipinski definition) is 5. The lowest BCUT2D eigenvalue weighted by Crippen LogP contribution is -2.14. The first-order valence-corrected chi connectivity index (χ1v) is 8.65. The van der Waals surface area contributed by atoms with E-state index in [1.807, 2.05) is 0 Å². The van der Waals surface area contributed by atoms with Gasteiger partial charge in [-0.3, -0.25) is 9.59 Å². The van der Waals surface area contributed by atoms with Gasteiger partial charge in [0, 0.05) is 28.9 Å². The molecule has 134 valence electrons. The van der Waals surface area contributed by atoms with Crippen LogP contribution in [0.2, 0.25) is 5.02 Å². The molecule has 2 rings (SSSR count). The van der Waals surface area contributed by atoms with Gasteiger partial charge in [0.05, 0.1) is 10.8 Å². The van der Waals surface area contributed by atoms with Crippen LogP contribution in [0, 0.1) is 0 Å². The highest BCUT2D eigenvalue weighted by Crippen LogP contribution is 2.22. The van der Waals surface area contributed by atoms with E-state index in [9.17, 15) is 14.4 Å². The number of carboxylic acids is 1. The molecule has 0 aliphatic rings. The second kappa shape index (κ2) is 9.59. The summed E-state index contributed by atoms with van der Waals surface area (Å²) in [5.41, 5.74) is 0.495. The van der Waals surface area contributed by atoms with Crippen LogP contribution in [0.3, 0.4) is 0 Å². The van der Waals surface area contributed by atoms with Gasteiger partial charge in [-0.2, -0.15) is 0 Å². The smallest absolute Gasteiger partial charge is 0.328 e. The summed E-state index contributed by atoms with van der Waals surface area (Å²) in [6, 6.07) is 10.1. The maximum Gasteiger partial charge on any atom is 0.328 e. The summed E-state index contributed by atoms with van der Waals surface area (Å²) >= 11 is 7.01. The number of carbonyl (C=O) groups excluding carboxylic acids is 2. The number of halogens is 1. The molecule has 0 saturated carbocycles. The topological polar surface area (TPSA) is 108 Å². The Morgan fingerprint density at radius 3 is 2.65 bits per heavy atom. The summed E-state index contributed by atoms with van der Waals surface area (Å²) in [4.78, 5) is 38.7. The van der Waals surface area contributed by atoms with Crippen LogP contribution in [-0.4, -0.2) is 33.6 Å². The zero-order valence-electron chi connectivity index (χ0n) is 13.3. The summed E-state index contributed by atoms with van der Waals surface area (Å²) in [6.07, 6.45) is 3.12. The molecule has 3 N–H and O–H groups in total. The monoisotopic (exact) mass is 391 g/mol. The lowest BCUT2D eigenvalue weighted by Gasteiger charge is -2.06. The first-order chi connectivity index (χ1) is 12.4. The van der Waals surface area contributed by atoms with Crippen molar-refractivity contribution in [3.05, 3.63) is 59.8 Å². The van der Waals surface area contributed by atoms with Crippen LogP contribution in [0.25, 0.3) is 0 Å². The van der Waals surface area contributed by atoms with E-state index in [1.54, 1.807) is 36.4 Å². The Bertz CT molecular complexity index is 840. The molecule has 0 radical (unpaired) electrons. The van der Waals surface area contributed by atoms with Crippen molar-refractivity contribution in [2.45, 2.75) is 4.90 Å².